The first kappa shape index (κ1) is 16.6. The van der Waals surface area contributed by atoms with E-state index in [0.717, 1.165) is 5.56 Å². The van der Waals surface area contributed by atoms with Crippen LogP contribution < -0.4 is 5.32 Å². The molecular weight excluding hydrogens is 345 g/mol. The van der Waals surface area contributed by atoms with E-state index in [1.54, 1.807) is 18.2 Å². The number of rotatable bonds is 6. The predicted molar refractivity (Wildman–Crippen MR) is 94.6 cm³/mol. The molecule has 3 rings (SSSR count). The SMILES string of the molecule is O=C(Cc1ccccc1)Nc1nnc(SCc2ccccc2F)s1. The Bertz CT molecular complexity index is 823. The van der Waals surface area contributed by atoms with Crippen molar-refractivity contribution >= 4 is 34.1 Å². The highest BCUT2D eigenvalue weighted by Crippen LogP contribution is 2.29. The van der Waals surface area contributed by atoms with Gasteiger partial charge >= 0.3 is 0 Å². The molecule has 0 atom stereocenters. The number of anilines is 1. The zero-order valence-corrected chi connectivity index (χ0v) is 14.2. The fraction of sp³-hybridized carbons (Fsp3) is 0.118. The van der Waals surface area contributed by atoms with Gasteiger partial charge in [-0.3, -0.25) is 4.79 Å². The van der Waals surface area contributed by atoms with Crippen LogP contribution in [-0.4, -0.2) is 16.1 Å². The largest absolute Gasteiger partial charge is 0.300 e. The van der Waals surface area contributed by atoms with Crippen LogP contribution in [0.15, 0.2) is 58.9 Å². The maximum Gasteiger partial charge on any atom is 0.230 e. The first-order valence-corrected chi connectivity index (χ1v) is 9.04. The number of aromatic nitrogens is 2. The van der Waals surface area contributed by atoms with E-state index in [1.807, 2.05) is 30.3 Å². The van der Waals surface area contributed by atoms with Gasteiger partial charge in [-0.05, 0) is 17.2 Å². The molecule has 0 radical (unpaired) electrons. The Morgan fingerprint density at radius 1 is 1.08 bits per heavy atom. The van der Waals surface area contributed by atoms with Gasteiger partial charge in [-0.15, -0.1) is 10.2 Å². The van der Waals surface area contributed by atoms with Crippen LogP contribution in [0.25, 0.3) is 0 Å². The van der Waals surface area contributed by atoms with Crippen molar-refractivity contribution < 1.29 is 9.18 Å². The highest BCUT2D eigenvalue weighted by molar-refractivity contribution is 8.00. The number of halogens is 1. The third-order valence-electron chi connectivity index (χ3n) is 3.17. The summed E-state index contributed by atoms with van der Waals surface area (Å²) in [6.45, 7) is 0. The zero-order chi connectivity index (χ0) is 16.8. The molecule has 0 fully saturated rings. The number of hydrogen-bond donors (Lipinski definition) is 1. The summed E-state index contributed by atoms with van der Waals surface area (Å²) in [7, 11) is 0. The molecule has 7 heteroatoms. The summed E-state index contributed by atoms with van der Waals surface area (Å²) in [5.41, 5.74) is 1.56. The van der Waals surface area contributed by atoms with E-state index in [9.17, 15) is 9.18 Å². The standard InChI is InChI=1S/C17H14FN3OS2/c18-14-9-5-4-8-13(14)11-23-17-21-20-16(24-17)19-15(22)10-12-6-2-1-3-7-12/h1-9H,10-11H2,(H,19,20,22). The van der Waals surface area contributed by atoms with Crippen molar-refractivity contribution in [2.75, 3.05) is 5.32 Å². The highest BCUT2D eigenvalue weighted by atomic mass is 32.2. The van der Waals surface area contributed by atoms with Crippen molar-refractivity contribution in [1.82, 2.24) is 10.2 Å². The molecule has 24 heavy (non-hydrogen) atoms. The number of hydrogen-bond acceptors (Lipinski definition) is 5. The second-order valence-corrected chi connectivity index (χ2v) is 7.16. The van der Waals surface area contributed by atoms with Crippen LogP contribution >= 0.6 is 23.1 Å². The Balaban J connectivity index is 1.54. The van der Waals surface area contributed by atoms with Crippen molar-refractivity contribution in [3.8, 4) is 0 Å². The Labute approximate surface area is 147 Å². The fourth-order valence-electron chi connectivity index (χ4n) is 2.02. The predicted octanol–water partition coefficient (Wildman–Crippen LogP) is 4.15. The number of benzene rings is 2. The summed E-state index contributed by atoms with van der Waals surface area (Å²) in [6.07, 6.45) is 0.290. The number of nitrogens with zero attached hydrogens (tertiary/aromatic N) is 2. The third-order valence-corrected chi connectivity index (χ3v) is 5.19. The molecule has 0 saturated carbocycles. The summed E-state index contributed by atoms with van der Waals surface area (Å²) < 4.78 is 14.3. The van der Waals surface area contributed by atoms with Crippen molar-refractivity contribution in [1.29, 1.82) is 0 Å². The van der Waals surface area contributed by atoms with Crippen molar-refractivity contribution in [2.45, 2.75) is 16.5 Å². The topological polar surface area (TPSA) is 54.9 Å². The molecule has 1 heterocycles. The first-order valence-electron chi connectivity index (χ1n) is 7.24. The lowest BCUT2D eigenvalue weighted by atomic mass is 10.1. The molecule has 4 nitrogen and oxygen atoms in total. The van der Waals surface area contributed by atoms with E-state index in [2.05, 4.69) is 15.5 Å². The van der Waals surface area contributed by atoms with Gasteiger partial charge in [-0.25, -0.2) is 4.39 Å². The van der Waals surface area contributed by atoms with E-state index in [1.165, 1.54) is 29.2 Å². The molecule has 0 saturated heterocycles. The van der Waals surface area contributed by atoms with E-state index >= 15 is 0 Å². The van der Waals surface area contributed by atoms with Gasteiger partial charge in [0.1, 0.15) is 5.82 Å². The van der Waals surface area contributed by atoms with Crippen LogP contribution in [0.5, 0.6) is 0 Å². The molecule has 1 amide bonds. The molecule has 0 unspecified atom stereocenters. The number of nitrogens with one attached hydrogen (secondary N) is 1. The fourth-order valence-corrected chi connectivity index (χ4v) is 3.77. The van der Waals surface area contributed by atoms with E-state index in [-0.39, 0.29) is 18.1 Å². The smallest absolute Gasteiger partial charge is 0.230 e. The van der Waals surface area contributed by atoms with Crippen molar-refractivity contribution in [3.63, 3.8) is 0 Å². The minimum atomic E-state index is -0.231. The molecule has 3 aromatic rings. The van der Waals surface area contributed by atoms with E-state index in [0.29, 0.717) is 20.8 Å². The second kappa shape index (κ2) is 8.03. The van der Waals surface area contributed by atoms with Crippen LogP contribution in [0.3, 0.4) is 0 Å². The van der Waals surface area contributed by atoms with Gasteiger partial charge in [-0.2, -0.15) is 0 Å². The summed E-state index contributed by atoms with van der Waals surface area (Å²) >= 11 is 2.68. The lowest BCUT2D eigenvalue weighted by Gasteiger charge is -2.01. The molecule has 1 N–H and O–H groups in total. The first-order chi connectivity index (χ1) is 11.7. The average molecular weight is 359 g/mol. The Hall–Kier alpha value is -2.25. The summed E-state index contributed by atoms with van der Waals surface area (Å²) in [4.78, 5) is 12.0. The number of carbonyl (C=O) groups is 1. The van der Waals surface area contributed by atoms with Gasteiger partial charge in [0.2, 0.25) is 11.0 Å². The monoisotopic (exact) mass is 359 g/mol. The summed E-state index contributed by atoms with van der Waals surface area (Å²) in [5, 5.41) is 11.2. The summed E-state index contributed by atoms with van der Waals surface area (Å²) in [6, 6.07) is 16.1. The molecule has 0 aliphatic heterocycles. The average Bonchev–Trinajstić information content (AvgIpc) is 3.02. The molecule has 2 aromatic carbocycles. The second-order valence-electron chi connectivity index (χ2n) is 4.96. The van der Waals surface area contributed by atoms with Gasteiger partial charge in [0, 0.05) is 5.75 Å². The molecule has 1 aromatic heterocycles. The van der Waals surface area contributed by atoms with Crippen LogP contribution in [0.2, 0.25) is 0 Å². The lowest BCUT2D eigenvalue weighted by Crippen LogP contribution is -2.14. The number of thioether (sulfide) groups is 1. The molecule has 0 aliphatic rings. The highest BCUT2D eigenvalue weighted by Gasteiger charge is 2.10. The summed E-state index contributed by atoms with van der Waals surface area (Å²) in [5.74, 6) is 0.105. The van der Waals surface area contributed by atoms with Gasteiger partial charge in [0.25, 0.3) is 0 Å². The molecule has 0 aliphatic carbocycles. The number of amides is 1. The Morgan fingerprint density at radius 2 is 1.83 bits per heavy atom. The maximum absolute atomic E-state index is 13.6. The molecule has 122 valence electrons. The van der Waals surface area contributed by atoms with Crippen LogP contribution in [-0.2, 0) is 17.0 Å². The molecule has 0 bridgehead atoms. The van der Waals surface area contributed by atoms with Crippen LogP contribution in [0.1, 0.15) is 11.1 Å². The normalized spacial score (nSPS) is 10.5. The molecular formula is C17H14FN3OS2. The van der Waals surface area contributed by atoms with Crippen molar-refractivity contribution in [3.05, 3.63) is 71.5 Å². The van der Waals surface area contributed by atoms with Crippen LogP contribution in [0, 0.1) is 5.82 Å². The van der Waals surface area contributed by atoms with Gasteiger partial charge in [0.05, 0.1) is 6.42 Å². The van der Waals surface area contributed by atoms with Crippen molar-refractivity contribution in [2.24, 2.45) is 0 Å². The van der Waals surface area contributed by atoms with E-state index in [4.69, 9.17) is 0 Å². The molecule has 0 spiro atoms. The maximum atomic E-state index is 13.6. The lowest BCUT2D eigenvalue weighted by molar-refractivity contribution is -0.115. The zero-order valence-electron chi connectivity index (χ0n) is 12.6. The minimum Gasteiger partial charge on any atom is -0.300 e. The van der Waals surface area contributed by atoms with Gasteiger partial charge in [-0.1, -0.05) is 71.6 Å². The third kappa shape index (κ3) is 4.62. The Morgan fingerprint density at radius 3 is 2.62 bits per heavy atom. The van der Waals surface area contributed by atoms with Crippen LogP contribution in [0.4, 0.5) is 9.52 Å². The van der Waals surface area contributed by atoms with E-state index < -0.39 is 0 Å². The van der Waals surface area contributed by atoms with Gasteiger partial charge in [0.15, 0.2) is 4.34 Å². The minimum absolute atomic E-state index is 0.136. The number of carbonyl (C=O) groups excluding carboxylic acids is 1. The van der Waals surface area contributed by atoms with Gasteiger partial charge < -0.3 is 5.32 Å². The Kier molecular flexibility index (Phi) is 5.55. The quantitative estimate of drug-likeness (QED) is 0.531.